The van der Waals surface area contributed by atoms with Gasteiger partial charge in [-0.2, -0.15) is 0 Å². The standard InChI is InChI=1S/C33H46N2O4/c1-5-35(24-25-7-13-30(14-8-25)39-20-18-34(2)17-6-19-37-3)33-23-31(38-4)15-16-32(33)28-10-9-27-22-29(36)12-11-26(27)21-28/h7-8,11-16,22-23,28,32-33,36H,5-6,9-10,17-21,24H2,1-4H3/t28-,32?,33?/m1/s1. The van der Waals surface area contributed by atoms with Gasteiger partial charge in [-0.15, -0.1) is 0 Å². The Morgan fingerprint density at radius 3 is 2.56 bits per heavy atom. The van der Waals surface area contributed by atoms with Gasteiger partial charge in [-0.3, -0.25) is 4.90 Å². The molecule has 2 aliphatic rings. The second-order valence-corrected chi connectivity index (χ2v) is 10.9. The summed E-state index contributed by atoms with van der Waals surface area (Å²) in [6.45, 7) is 7.45. The fourth-order valence-electron chi connectivity index (χ4n) is 5.94. The van der Waals surface area contributed by atoms with E-state index in [1.54, 1.807) is 14.2 Å². The first-order valence-electron chi connectivity index (χ1n) is 14.4. The SMILES string of the molecule is CCN(Cc1ccc(OCCN(C)CCCOC)cc1)C1C=C(OC)C=CC1[C@@H]1CCc2cc(O)ccc2C1. The van der Waals surface area contributed by atoms with Crippen molar-refractivity contribution in [2.45, 2.75) is 45.2 Å². The van der Waals surface area contributed by atoms with Gasteiger partial charge in [0.1, 0.15) is 23.9 Å². The number of aryl methyl sites for hydroxylation is 1. The third kappa shape index (κ3) is 8.10. The van der Waals surface area contributed by atoms with Crippen molar-refractivity contribution in [3.8, 4) is 11.5 Å². The van der Waals surface area contributed by atoms with Crippen molar-refractivity contribution >= 4 is 0 Å². The van der Waals surface area contributed by atoms with E-state index in [1.165, 1.54) is 16.7 Å². The molecule has 2 aromatic rings. The molecule has 3 atom stereocenters. The highest BCUT2D eigenvalue weighted by atomic mass is 16.5. The summed E-state index contributed by atoms with van der Waals surface area (Å²) >= 11 is 0. The van der Waals surface area contributed by atoms with Crippen molar-refractivity contribution in [2.24, 2.45) is 11.8 Å². The Morgan fingerprint density at radius 1 is 1.00 bits per heavy atom. The first kappa shape index (κ1) is 29.2. The number of phenolic OH excluding ortho intramolecular Hbond substituents is 1. The lowest BCUT2D eigenvalue weighted by molar-refractivity contribution is 0.147. The molecule has 0 radical (unpaired) electrons. The van der Waals surface area contributed by atoms with E-state index >= 15 is 0 Å². The molecular weight excluding hydrogens is 488 g/mol. The molecule has 4 rings (SSSR count). The third-order valence-corrected chi connectivity index (χ3v) is 8.22. The summed E-state index contributed by atoms with van der Waals surface area (Å²) in [6.07, 6.45) is 11.0. The Bertz CT molecular complexity index is 1100. The molecule has 0 heterocycles. The Labute approximate surface area is 234 Å². The zero-order chi connectivity index (χ0) is 27.6. The topological polar surface area (TPSA) is 54.4 Å². The van der Waals surface area contributed by atoms with E-state index in [0.29, 0.717) is 24.2 Å². The van der Waals surface area contributed by atoms with Crippen LogP contribution in [0.5, 0.6) is 11.5 Å². The number of aromatic hydroxyl groups is 1. The zero-order valence-electron chi connectivity index (χ0n) is 24.1. The van der Waals surface area contributed by atoms with E-state index in [0.717, 1.165) is 70.0 Å². The first-order valence-corrected chi connectivity index (χ1v) is 14.4. The van der Waals surface area contributed by atoms with Crippen LogP contribution in [0.1, 0.15) is 36.5 Å². The van der Waals surface area contributed by atoms with Crippen LogP contribution >= 0.6 is 0 Å². The molecule has 0 bridgehead atoms. The molecule has 2 unspecified atom stereocenters. The lowest BCUT2D eigenvalue weighted by Gasteiger charge is -2.41. The Kier molecular flexibility index (Phi) is 10.9. The summed E-state index contributed by atoms with van der Waals surface area (Å²) < 4.78 is 16.8. The van der Waals surface area contributed by atoms with Crippen LogP contribution in [0.4, 0.5) is 0 Å². The quantitative estimate of drug-likeness (QED) is 0.325. The average molecular weight is 535 g/mol. The van der Waals surface area contributed by atoms with Crippen LogP contribution in [0.2, 0.25) is 0 Å². The van der Waals surface area contributed by atoms with Gasteiger partial charge in [0, 0.05) is 39.4 Å². The molecule has 2 aromatic carbocycles. The molecular formula is C33H46N2O4. The number of nitrogens with zero attached hydrogens (tertiary/aromatic N) is 2. The molecule has 0 aliphatic heterocycles. The normalized spacial score (nSPS) is 20.7. The molecule has 1 N–H and O–H groups in total. The summed E-state index contributed by atoms with van der Waals surface area (Å²) in [5.41, 5.74) is 3.95. The highest BCUT2D eigenvalue weighted by molar-refractivity contribution is 5.37. The van der Waals surface area contributed by atoms with Crippen molar-refractivity contribution in [3.05, 3.63) is 83.1 Å². The van der Waals surface area contributed by atoms with Gasteiger partial charge in [-0.25, -0.2) is 0 Å². The van der Waals surface area contributed by atoms with E-state index in [4.69, 9.17) is 14.2 Å². The minimum atomic E-state index is 0.267. The molecule has 0 spiro atoms. The number of fused-ring (bicyclic) bond motifs is 1. The molecule has 2 aliphatic carbocycles. The Hall–Kier alpha value is -2.80. The monoisotopic (exact) mass is 534 g/mol. The van der Waals surface area contributed by atoms with Crippen molar-refractivity contribution in [2.75, 3.05) is 54.1 Å². The smallest absolute Gasteiger partial charge is 0.119 e. The van der Waals surface area contributed by atoms with Gasteiger partial charge in [0.05, 0.1) is 7.11 Å². The number of allylic oxidation sites excluding steroid dienone is 1. The van der Waals surface area contributed by atoms with Gasteiger partial charge < -0.3 is 24.2 Å². The van der Waals surface area contributed by atoms with Crippen LogP contribution in [0, 0.1) is 11.8 Å². The maximum Gasteiger partial charge on any atom is 0.119 e. The van der Waals surface area contributed by atoms with Crippen molar-refractivity contribution in [3.63, 3.8) is 0 Å². The van der Waals surface area contributed by atoms with Crippen LogP contribution in [0.25, 0.3) is 0 Å². The summed E-state index contributed by atoms with van der Waals surface area (Å²) in [7, 11) is 5.62. The van der Waals surface area contributed by atoms with Crippen LogP contribution in [0.3, 0.4) is 0 Å². The second kappa shape index (κ2) is 14.5. The highest BCUT2D eigenvalue weighted by Gasteiger charge is 2.34. The van der Waals surface area contributed by atoms with E-state index < -0.39 is 0 Å². The molecule has 6 nitrogen and oxygen atoms in total. The molecule has 39 heavy (non-hydrogen) atoms. The number of phenols is 1. The van der Waals surface area contributed by atoms with E-state index in [2.05, 4.69) is 72.3 Å². The Balaban J connectivity index is 1.38. The molecule has 0 saturated carbocycles. The Morgan fingerprint density at radius 2 is 1.82 bits per heavy atom. The largest absolute Gasteiger partial charge is 0.508 e. The average Bonchev–Trinajstić information content (AvgIpc) is 2.96. The summed E-state index contributed by atoms with van der Waals surface area (Å²) in [5.74, 6) is 3.18. The molecule has 212 valence electrons. The summed E-state index contributed by atoms with van der Waals surface area (Å²) in [4.78, 5) is 4.84. The third-order valence-electron chi connectivity index (χ3n) is 8.22. The molecule has 0 aromatic heterocycles. The van der Waals surface area contributed by atoms with Gasteiger partial charge >= 0.3 is 0 Å². The summed E-state index contributed by atoms with van der Waals surface area (Å²) in [6, 6.07) is 14.7. The van der Waals surface area contributed by atoms with Gasteiger partial charge in [-0.05, 0) is 104 Å². The lowest BCUT2D eigenvalue weighted by atomic mass is 9.72. The lowest BCUT2D eigenvalue weighted by Crippen LogP contribution is -2.43. The number of methoxy groups -OCH3 is 2. The van der Waals surface area contributed by atoms with Crippen LogP contribution in [-0.4, -0.2) is 75.1 Å². The first-order chi connectivity index (χ1) is 19.0. The van der Waals surface area contributed by atoms with Crippen molar-refractivity contribution in [1.29, 1.82) is 0 Å². The number of benzene rings is 2. The molecule has 0 saturated heterocycles. The zero-order valence-corrected chi connectivity index (χ0v) is 24.1. The fraction of sp³-hybridized carbons (Fsp3) is 0.515. The van der Waals surface area contributed by atoms with Crippen molar-refractivity contribution in [1.82, 2.24) is 9.80 Å². The van der Waals surface area contributed by atoms with Gasteiger partial charge in [-0.1, -0.05) is 31.2 Å². The van der Waals surface area contributed by atoms with Crippen LogP contribution in [0.15, 0.2) is 66.5 Å². The molecule has 0 fully saturated rings. The maximum atomic E-state index is 9.91. The minimum absolute atomic E-state index is 0.267. The molecule has 6 heteroatoms. The maximum absolute atomic E-state index is 9.91. The number of hydrogen-bond donors (Lipinski definition) is 1. The summed E-state index contributed by atoms with van der Waals surface area (Å²) in [5, 5.41) is 9.91. The second-order valence-electron chi connectivity index (χ2n) is 10.9. The van der Waals surface area contributed by atoms with E-state index in [9.17, 15) is 5.11 Å². The number of rotatable bonds is 14. The van der Waals surface area contributed by atoms with Crippen molar-refractivity contribution < 1.29 is 19.3 Å². The predicted molar refractivity (Wildman–Crippen MR) is 157 cm³/mol. The highest BCUT2D eigenvalue weighted by Crippen LogP contribution is 2.38. The van der Waals surface area contributed by atoms with Crippen LogP contribution in [-0.2, 0) is 28.9 Å². The fourth-order valence-corrected chi connectivity index (χ4v) is 5.94. The predicted octanol–water partition coefficient (Wildman–Crippen LogP) is 5.45. The number of ether oxygens (including phenoxy) is 3. The minimum Gasteiger partial charge on any atom is -0.508 e. The van der Waals surface area contributed by atoms with Gasteiger partial charge in [0.2, 0.25) is 0 Å². The molecule has 0 amide bonds. The number of likely N-dealkylation sites (N-methyl/N-ethyl adjacent to an activating group) is 2. The van der Waals surface area contributed by atoms with Gasteiger partial charge in [0.15, 0.2) is 0 Å². The van der Waals surface area contributed by atoms with Gasteiger partial charge in [0.25, 0.3) is 0 Å². The van der Waals surface area contributed by atoms with E-state index in [1.807, 2.05) is 12.1 Å². The number of hydrogen-bond acceptors (Lipinski definition) is 6. The van der Waals surface area contributed by atoms with E-state index in [-0.39, 0.29) is 6.04 Å². The van der Waals surface area contributed by atoms with Crippen LogP contribution < -0.4 is 4.74 Å².